The molecule has 0 radical (unpaired) electrons. The minimum Gasteiger partial charge on any atom is -0.303 e. The molecule has 1 saturated carbocycles. The van der Waals surface area contributed by atoms with Gasteiger partial charge in [0.2, 0.25) is 0 Å². The second kappa shape index (κ2) is 6.26. The van der Waals surface area contributed by atoms with Crippen LogP contribution >= 0.6 is 0 Å². The molecule has 0 aliphatic heterocycles. The van der Waals surface area contributed by atoms with E-state index < -0.39 is 6.04 Å². The molecule has 0 aromatic rings. The lowest BCUT2D eigenvalue weighted by Gasteiger charge is -2.34. The second-order valence-electron chi connectivity index (χ2n) is 5.68. The van der Waals surface area contributed by atoms with Crippen molar-refractivity contribution >= 4 is 12.3 Å². The van der Waals surface area contributed by atoms with Gasteiger partial charge in [-0.05, 0) is 56.8 Å². The monoisotopic (exact) mass is 252 g/mol. The van der Waals surface area contributed by atoms with E-state index >= 15 is 0 Å². The van der Waals surface area contributed by atoms with E-state index in [2.05, 4.69) is 6.08 Å². The first-order valence-electron chi connectivity index (χ1n) is 7.01. The SMILES string of the molecule is O=CCC1=CCC(C2CCC(C(=O)F)CC2)CC1. The fraction of sp³-hybridized carbons (Fsp3) is 0.733. The lowest BCUT2D eigenvalue weighted by molar-refractivity contribution is -0.135. The van der Waals surface area contributed by atoms with Gasteiger partial charge in [0.1, 0.15) is 6.29 Å². The molecule has 2 aliphatic carbocycles. The van der Waals surface area contributed by atoms with Gasteiger partial charge in [0.05, 0.1) is 0 Å². The summed E-state index contributed by atoms with van der Waals surface area (Å²) in [5, 5.41) is 0. The predicted octanol–water partition coefficient (Wildman–Crippen LogP) is 3.60. The van der Waals surface area contributed by atoms with Crippen molar-refractivity contribution in [2.24, 2.45) is 17.8 Å². The van der Waals surface area contributed by atoms with E-state index in [0.717, 1.165) is 51.2 Å². The maximum atomic E-state index is 12.6. The van der Waals surface area contributed by atoms with Crippen LogP contribution in [0.1, 0.15) is 51.4 Å². The average Bonchev–Trinajstić information content (AvgIpc) is 2.40. The summed E-state index contributed by atoms with van der Waals surface area (Å²) in [5.41, 5.74) is 1.27. The Labute approximate surface area is 108 Å². The van der Waals surface area contributed by atoms with Gasteiger partial charge in [0, 0.05) is 12.3 Å². The molecule has 0 bridgehead atoms. The molecule has 0 aromatic heterocycles. The third-order valence-corrected chi connectivity index (χ3v) is 4.65. The highest BCUT2D eigenvalue weighted by Gasteiger charge is 2.31. The fourth-order valence-electron chi connectivity index (χ4n) is 3.45. The number of hydrogen-bond donors (Lipinski definition) is 0. The first-order valence-corrected chi connectivity index (χ1v) is 7.01. The number of allylic oxidation sites excluding steroid dienone is 2. The van der Waals surface area contributed by atoms with Crippen LogP contribution in [0.4, 0.5) is 4.39 Å². The van der Waals surface area contributed by atoms with E-state index in [1.807, 2.05) is 0 Å². The molecule has 0 amide bonds. The van der Waals surface area contributed by atoms with E-state index in [1.165, 1.54) is 5.57 Å². The normalized spacial score (nSPS) is 32.7. The first-order chi connectivity index (χ1) is 8.70. The maximum Gasteiger partial charge on any atom is 0.304 e. The molecule has 1 fully saturated rings. The van der Waals surface area contributed by atoms with Crippen molar-refractivity contribution < 1.29 is 14.0 Å². The minimum absolute atomic E-state index is 0.328. The van der Waals surface area contributed by atoms with Gasteiger partial charge in [0.25, 0.3) is 0 Å². The van der Waals surface area contributed by atoms with Gasteiger partial charge >= 0.3 is 6.04 Å². The highest BCUT2D eigenvalue weighted by Crippen LogP contribution is 2.40. The number of carbonyl (C=O) groups is 2. The molecule has 2 aliphatic rings. The van der Waals surface area contributed by atoms with Crippen molar-refractivity contribution in [1.29, 1.82) is 0 Å². The van der Waals surface area contributed by atoms with Gasteiger partial charge < -0.3 is 4.79 Å². The van der Waals surface area contributed by atoms with Gasteiger partial charge in [-0.2, -0.15) is 4.39 Å². The summed E-state index contributed by atoms with van der Waals surface area (Å²) in [6, 6.07) is -1.12. The molecule has 0 saturated heterocycles. The van der Waals surface area contributed by atoms with Gasteiger partial charge in [-0.15, -0.1) is 0 Å². The lowest BCUT2D eigenvalue weighted by Crippen LogP contribution is -2.25. The van der Waals surface area contributed by atoms with Gasteiger partial charge in [-0.1, -0.05) is 11.6 Å². The number of hydrogen-bond acceptors (Lipinski definition) is 2. The van der Waals surface area contributed by atoms with Gasteiger partial charge in [0.15, 0.2) is 0 Å². The Hall–Kier alpha value is -0.990. The van der Waals surface area contributed by atoms with E-state index in [4.69, 9.17) is 0 Å². The van der Waals surface area contributed by atoms with E-state index in [-0.39, 0.29) is 5.92 Å². The Balaban J connectivity index is 1.81. The summed E-state index contributed by atoms with van der Waals surface area (Å²) >= 11 is 0. The number of rotatable bonds is 4. The molecule has 3 heteroatoms. The zero-order chi connectivity index (χ0) is 13.0. The predicted molar refractivity (Wildman–Crippen MR) is 67.7 cm³/mol. The summed E-state index contributed by atoms with van der Waals surface area (Å²) < 4.78 is 12.6. The second-order valence-corrected chi connectivity index (χ2v) is 5.68. The smallest absolute Gasteiger partial charge is 0.303 e. The fourth-order valence-corrected chi connectivity index (χ4v) is 3.45. The Bertz CT molecular complexity index is 340. The molecule has 0 N–H and O–H groups in total. The Kier molecular flexibility index (Phi) is 4.67. The third-order valence-electron chi connectivity index (χ3n) is 4.65. The Morgan fingerprint density at radius 2 is 1.94 bits per heavy atom. The standard InChI is InChI=1S/C15H21FO2/c16-15(18)14-7-5-13(6-8-14)12-3-1-11(2-4-12)9-10-17/h1,10,12-14H,2-9H2. The van der Waals surface area contributed by atoms with E-state index in [0.29, 0.717) is 18.3 Å². The highest BCUT2D eigenvalue weighted by atomic mass is 19.1. The van der Waals surface area contributed by atoms with E-state index in [1.54, 1.807) is 0 Å². The Morgan fingerprint density at radius 1 is 1.22 bits per heavy atom. The summed E-state index contributed by atoms with van der Waals surface area (Å²) in [6.45, 7) is 0. The van der Waals surface area contributed by atoms with Crippen LogP contribution in [0.3, 0.4) is 0 Å². The summed E-state index contributed by atoms with van der Waals surface area (Å²) in [6.07, 6.45) is 10.4. The van der Waals surface area contributed by atoms with Crippen LogP contribution in [0.2, 0.25) is 0 Å². The quantitative estimate of drug-likeness (QED) is 0.435. The molecule has 1 atom stereocenters. The van der Waals surface area contributed by atoms with Crippen molar-refractivity contribution in [3.63, 3.8) is 0 Å². The van der Waals surface area contributed by atoms with Crippen molar-refractivity contribution in [1.82, 2.24) is 0 Å². The lowest BCUT2D eigenvalue weighted by atomic mass is 9.71. The summed E-state index contributed by atoms with van der Waals surface area (Å²) in [7, 11) is 0. The van der Waals surface area contributed by atoms with Crippen LogP contribution < -0.4 is 0 Å². The van der Waals surface area contributed by atoms with Gasteiger partial charge in [-0.3, -0.25) is 4.79 Å². The molecule has 18 heavy (non-hydrogen) atoms. The third kappa shape index (κ3) is 3.27. The maximum absolute atomic E-state index is 12.6. The van der Waals surface area contributed by atoms with Crippen LogP contribution in [0.15, 0.2) is 11.6 Å². The molecule has 0 aromatic carbocycles. The molecule has 2 nitrogen and oxygen atoms in total. The number of aldehydes is 1. The first kappa shape index (κ1) is 13.4. The van der Waals surface area contributed by atoms with Crippen LogP contribution in [0, 0.1) is 17.8 Å². The molecule has 100 valence electrons. The number of halogens is 1. The van der Waals surface area contributed by atoms with Crippen molar-refractivity contribution in [2.75, 3.05) is 0 Å². The number of carbonyl (C=O) groups excluding carboxylic acids is 2. The highest BCUT2D eigenvalue weighted by molar-refractivity contribution is 5.71. The zero-order valence-electron chi connectivity index (χ0n) is 10.7. The van der Waals surface area contributed by atoms with Crippen molar-refractivity contribution in [3.05, 3.63) is 11.6 Å². The van der Waals surface area contributed by atoms with Crippen LogP contribution in [-0.4, -0.2) is 12.3 Å². The van der Waals surface area contributed by atoms with Gasteiger partial charge in [-0.25, -0.2) is 0 Å². The topological polar surface area (TPSA) is 34.1 Å². The summed E-state index contributed by atoms with van der Waals surface area (Å²) in [5.74, 6) is 0.997. The Morgan fingerprint density at radius 3 is 2.44 bits per heavy atom. The largest absolute Gasteiger partial charge is 0.304 e. The van der Waals surface area contributed by atoms with Crippen LogP contribution in [0.5, 0.6) is 0 Å². The molecule has 2 rings (SSSR count). The average molecular weight is 252 g/mol. The molecule has 0 heterocycles. The minimum atomic E-state index is -1.12. The van der Waals surface area contributed by atoms with Crippen molar-refractivity contribution in [2.45, 2.75) is 51.4 Å². The molecule has 0 spiro atoms. The van der Waals surface area contributed by atoms with Crippen LogP contribution in [-0.2, 0) is 9.59 Å². The molecule has 1 unspecified atom stereocenters. The summed E-state index contributed by atoms with van der Waals surface area (Å²) in [4.78, 5) is 21.1. The molecular formula is C15H21FO2. The molecular weight excluding hydrogens is 231 g/mol. The van der Waals surface area contributed by atoms with E-state index in [9.17, 15) is 14.0 Å². The zero-order valence-corrected chi connectivity index (χ0v) is 10.7. The van der Waals surface area contributed by atoms with Crippen molar-refractivity contribution in [3.8, 4) is 0 Å². The van der Waals surface area contributed by atoms with Crippen LogP contribution in [0.25, 0.3) is 0 Å².